The van der Waals surface area contributed by atoms with Crippen molar-refractivity contribution in [2.24, 2.45) is 23.7 Å². The van der Waals surface area contributed by atoms with Gasteiger partial charge in [-0.05, 0) is 62.2 Å². The Kier molecular flexibility index (Phi) is 3.09. The van der Waals surface area contributed by atoms with Gasteiger partial charge in [-0.1, -0.05) is 13.0 Å². The molecule has 0 aromatic rings. The van der Waals surface area contributed by atoms with Crippen LogP contribution in [0.25, 0.3) is 0 Å². The van der Waals surface area contributed by atoms with Crippen LogP contribution in [0.4, 0.5) is 0 Å². The standard InChI is InChI=1S/C16H24N2/c1-3-4-15(10-17)18(2)16-13-6-11-5-12(8-13)9-14(16)7-11/h4,11-14,16H,3,5-9H2,1-2H3/b15-4+. The number of hydrogen-bond acceptors (Lipinski definition) is 2. The summed E-state index contributed by atoms with van der Waals surface area (Å²) < 4.78 is 0. The Hall–Kier alpha value is -0.970. The second kappa shape index (κ2) is 4.61. The molecule has 0 unspecified atom stereocenters. The highest BCUT2D eigenvalue weighted by molar-refractivity contribution is 5.21. The number of nitrogens with zero attached hydrogens (tertiary/aromatic N) is 2. The minimum Gasteiger partial charge on any atom is -0.363 e. The smallest absolute Gasteiger partial charge is 0.117 e. The van der Waals surface area contributed by atoms with E-state index in [4.69, 9.17) is 0 Å². The Bertz CT molecular complexity index is 362. The first-order valence-electron chi connectivity index (χ1n) is 7.56. The van der Waals surface area contributed by atoms with Crippen LogP contribution in [-0.2, 0) is 0 Å². The van der Waals surface area contributed by atoms with E-state index in [1.807, 2.05) is 0 Å². The largest absolute Gasteiger partial charge is 0.363 e. The minimum absolute atomic E-state index is 0.648. The van der Waals surface area contributed by atoms with Crippen LogP contribution < -0.4 is 0 Å². The fourth-order valence-corrected chi connectivity index (χ4v) is 5.15. The van der Waals surface area contributed by atoms with E-state index in [0.717, 1.165) is 35.8 Å². The zero-order valence-corrected chi connectivity index (χ0v) is 11.6. The summed E-state index contributed by atoms with van der Waals surface area (Å²) in [5.41, 5.74) is 0.898. The molecule has 4 aliphatic rings. The molecule has 4 fully saturated rings. The van der Waals surface area contributed by atoms with Crippen LogP contribution in [0.15, 0.2) is 11.8 Å². The molecule has 0 aromatic heterocycles. The van der Waals surface area contributed by atoms with Crippen LogP contribution in [0.2, 0.25) is 0 Å². The van der Waals surface area contributed by atoms with Crippen molar-refractivity contribution in [2.45, 2.75) is 51.5 Å². The summed E-state index contributed by atoms with van der Waals surface area (Å²) in [6.45, 7) is 2.11. The lowest BCUT2D eigenvalue weighted by Gasteiger charge is -2.57. The molecule has 98 valence electrons. The average Bonchev–Trinajstić information content (AvgIpc) is 2.34. The van der Waals surface area contributed by atoms with Gasteiger partial charge in [0.2, 0.25) is 0 Å². The van der Waals surface area contributed by atoms with Gasteiger partial charge in [-0.25, -0.2) is 0 Å². The van der Waals surface area contributed by atoms with Crippen molar-refractivity contribution in [1.82, 2.24) is 4.90 Å². The third-order valence-corrected chi connectivity index (χ3v) is 5.52. The van der Waals surface area contributed by atoms with Gasteiger partial charge in [-0.15, -0.1) is 0 Å². The van der Waals surface area contributed by atoms with E-state index in [9.17, 15) is 5.26 Å². The lowest BCUT2D eigenvalue weighted by molar-refractivity contribution is -0.0465. The number of nitriles is 1. The first kappa shape index (κ1) is 12.1. The molecule has 4 aliphatic carbocycles. The highest BCUT2D eigenvalue weighted by Crippen LogP contribution is 2.55. The Morgan fingerprint density at radius 1 is 1.17 bits per heavy atom. The van der Waals surface area contributed by atoms with Crippen LogP contribution in [0, 0.1) is 35.0 Å². The maximum Gasteiger partial charge on any atom is 0.117 e. The summed E-state index contributed by atoms with van der Waals surface area (Å²) in [6.07, 6.45) is 10.2. The molecule has 0 radical (unpaired) electrons. The Morgan fingerprint density at radius 3 is 2.17 bits per heavy atom. The van der Waals surface area contributed by atoms with Crippen molar-refractivity contribution in [2.75, 3.05) is 7.05 Å². The molecule has 0 aromatic carbocycles. The lowest BCUT2D eigenvalue weighted by Crippen LogP contribution is -2.54. The van der Waals surface area contributed by atoms with Gasteiger partial charge in [0.05, 0.1) is 0 Å². The third kappa shape index (κ3) is 1.85. The zero-order valence-electron chi connectivity index (χ0n) is 11.6. The van der Waals surface area contributed by atoms with E-state index in [1.54, 1.807) is 0 Å². The second-order valence-electron chi connectivity index (χ2n) is 6.64. The van der Waals surface area contributed by atoms with Gasteiger partial charge in [0.1, 0.15) is 11.8 Å². The van der Waals surface area contributed by atoms with Crippen molar-refractivity contribution in [3.8, 4) is 6.07 Å². The molecule has 0 atom stereocenters. The molecule has 2 nitrogen and oxygen atoms in total. The normalized spacial score (nSPS) is 41.8. The summed E-state index contributed by atoms with van der Waals surface area (Å²) in [4.78, 5) is 2.32. The topological polar surface area (TPSA) is 27.0 Å². The highest BCUT2D eigenvalue weighted by atomic mass is 15.2. The molecule has 4 rings (SSSR count). The average molecular weight is 244 g/mol. The number of hydrogen-bond donors (Lipinski definition) is 0. The van der Waals surface area contributed by atoms with E-state index >= 15 is 0 Å². The maximum atomic E-state index is 9.32. The van der Waals surface area contributed by atoms with Gasteiger partial charge in [0.15, 0.2) is 0 Å². The molecule has 0 aliphatic heterocycles. The van der Waals surface area contributed by atoms with Crippen LogP contribution >= 0.6 is 0 Å². The van der Waals surface area contributed by atoms with Crippen molar-refractivity contribution >= 4 is 0 Å². The van der Waals surface area contributed by atoms with E-state index in [-0.39, 0.29) is 0 Å². The minimum atomic E-state index is 0.648. The third-order valence-electron chi connectivity index (χ3n) is 5.52. The van der Waals surface area contributed by atoms with Gasteiger partial charge in [0, 0.05) is 13.1 Å². The second-order valence-corrected chi connectivity index (χ2v) is 6.64. The summed E-state index contributed by atoms with van der Waals surface area (Å²) in [5.74, 6) is 3.75. The molecule has 4 saturated carbocycles. The Balaban J connectivity index is 1.80. The van der Waals surface area contributed by atoms with Gasteiger partial charge >= 0.3 is 0 Å². The molecule has 0 spiro atoms. The molecule has 4 bridgehead atoms. The first-order valence-corrected chi connectivity index (χ1v) is 7.56. The summed E-state index contributed by atoms with van der Waals surface area (Å²) >= 11 is 0. The molecular formula is C16H24N2. The van der Waals surface area contributed by atoms with E-state index in [1.165, 1.54) is 32.1 Å². The van der Waals surface area contributed by atoms with Crippen LogP contribution in [-0.4, -0.2) is 18.0 Å². The molecule has 0 amide bonds. The van der Waals surface area contributed by atoms with E-state index in [2.05, 4.69) is 31.0 Å². The predicted molar refractivity (Wildman–Crippen MR) is 72.6 cm³/mol. The monoisotopic (exact) mass is 244 g/mol. The lowest BCUT2D eigenvalue weighted by atomic mass is 9.54. The SMILES string of the molecule is CC/C=C(\C#N)N(C)C1C2CC3CC(C2)CC1C3. The van der Waals surface area contributed by atoms with E-state index in [0.29, 0.717) is 6.04 Å². The fourth-order valence-electron chi connectivity index (χ4n) is 5.15. The predicted octanol–water partition coefficient (Wildman–Crippen LogP) is 3.56. The van der Waals surface area contributed by atoms with Crippen molar-refractivity contribution in [3.05, 3.63) is 11.8 Å². The van der Waals surface area contributed by atoms with E-state index < -0.39 is 0 Å². The quantitative estimate of drug-likeness (QED) is 0.710. The van der Waals surface area contributed by atoms with Gasteiger partial charge in [-0.3, -0.25) is 0 Å². The Morgan fingerprint density at radius 2 is 1.72 bits per heavy atom. The maximum absolute atomic E-state index is 9.32. The van der Waals surface area contributed by atoms with Crippen molar-refractivity contribution < 1.29 is 0 Å². The van der Waals surface area contributed by atoms with Crippen LogP contribution in [0.3, 0.4) is 0 Å². The summed E-state index contributed by atoms with van der Waals surface area (Å²) in [5, 5.41) is 9.32. The molecule has 0 N–H and O–H groups in total. The molecular weight excluding hydrogens is 220 g/mol. The van der Waals surface area contributed by atoms with Gasteiger partial charge in [0.25, 0.3) is 0 Å². The van der Waals surface area contributed by atoms with Crippen molar-refractivity contribution in [1.29, 1.82) is 5.26 Å². The van der Waals surface area contributed by atoms with Gasteiger partial charge < -0.3 is 4.90 Å². The number of rotatable bonds is 3. The first-order chi connectivity index (χ1) is 8.72. The molecule has 2 heteroatoms. The zero-order chi connectivity index (χ0) is 12.7. The molecule has 18 heavy (non-hydrogen) atoms. The molecule has 0 saturated heterocycles. The fraction of sp³-hybridized carbons (Fsp3) is 0.812. The highest BCUT2D eigenvalue weighted by Gasteiger charge is 2.49. The number of allylic oxidation sites excluding steroid dienone is 2. The summed E-state index contributed by atoms with van der Waals surface area (Å²) in [6, 6.07) is 3.05. The summed E-state index contributed by atoms with van der Waals surface area (Å²) in [7, 11) is 2.15. The van der Waals surface area contributed by atoms with Crippen LogP contribution in [0.1, 0.15) is 45.4 Å². The van der Waals surface area contributed by atoms with Gasteiger partial charge in [-0.2, -0.15) is 5.26 Å². The molecule has 0 heterocycles. The van der Waals surface area contributed by atoms with Crippen molar-refractivity contribution in [3.63, 3.8) is 0 Å². The Labute approximate surface area is 111 Å². The van der Waals surface area contributed by atoms with Crippen LogP contribution in [0.5, 0.6) is 0 Å².